The highest BCUT2D eigenvalue weighted by molar-refractivity contribution is 5.98. The number of alkyl halides is 3. The van der Waals surface area contributed by atoms with Crippen molar-refractivity contribution in [2.24, 2.45) is 10.7 Å². The highest BCUT2D eigenvalue weighted by Crippen LogP contribution is 2.31. The predicted octanol–water partition coefficient (Wildman–Crippen LogP) is 2.03. The van der Waals surface area contributed by atoms with Crippen LogP contribution in [0.15, 0.2) is 23.2 Å². The van der Waals surface area contributed by atoms with Gasteiger partial charge in [0.25, 0.3) is 0 Å². The van der Waals surface area contributed by atoms with Crippen molar-refractivity contribution in [3.8, 4) is 6.19 Å². The van der Waals surface area contributed by atoms with Crippen molar-refractivity contribution >= 4 is 5.84 Å². The van der Waals surface area contributed by atoms with Crippen LogP contribution in [0.5, 0.6) is 0 Å². The van der Waals surface area contributed by atoms with Crippen molar-refractivity contribution in [2.75, 3.05) is 0 Å². The first kappa shape index (κ1) is 12.0. The summed E-state index contributed by atoms with van der Waals surface area (Å²) in [4.78, 5) is 3.08. The standard InChI is InChI=1S/C9H5F4N3/c10-7-3-5(8(15)16-4-14)1-2-6(7)9(11,12)13/h1-3H,(H2,15,16). The Hall–Kier alpha value is -2.10. The molecule has 0 spiro atoms. The number of halogens is 4. The van der Waals surface area contributed by atoms with Crippen LogP contribution in [0, 0.1) is 17.3 Å². The summed E-state index contributed by atoms with van der Waals surface area (Å²) in [6.07, 6.45) is -3.41. The van der Waals surface area contributed by atoms with Gasteiger partial charge >= 0.3 is 6.18 Å². The molecule has 16 heavy (non-hydrogen) atoms. The number of rotatable bonds is 1. The van der Waals surface area contributed by atoms with E-state index in [0.717, 1.165) is 6.07 Å². The van der Waals surface area contributed by atoms with Crippen LogP contribution in [0.2, 0.25) is 0 Å². The molecule has 0 heterocycles. The van der Waals surface area contributed by atoms with Crippen molar-refractivity contribution < 1.29 is 17.6 Å². The lowest BCUT2D eigenvalue weighted by Gasteiger charge is -2.08. The van der Waals surface area contributed by atoms with Crippen LogP contribution in [-0.2, 0) is 6.18 Å². The maximum atomic E-state index is 13.0. The molecule has 2 N–H and O–H groups in total. The van der Waals surface area contributed by atoms with E-state index in [2.05, 4.69) is 4.99 Å². The van der Waals surface area contributed by atoms with E-state index in [1.54, 1.807) is 0 Å². The van der Waals surface area contributed by atoms with E-state index in [-0.39, 0.29) is 11.4 Å². The van der Waals surface area contributed by atoms with Crippen LogP contribution in [0.25, 0.3) is 0 Å². The largest absolute Gasteiger partial charge is 0.419 e. The molecule has 0 unspecified atom stereocenters. The third-order valence-corrected chi connectivity index (χ3v) is 1.74. The molecule has 0 aliphatic carbocycles. The molecule has 0 fully saturated rings. The minimum absolute atomic E-state index is 0.0768. The van der Waals surface area contributed by atoms with Crippen LogP contribution in [-0.4, -0.2) is 5.84 Å². The molecule has 0 radical (unpaired) electrons. The summed E-state index contributed by atoms with van der Waals surface area (Å²) in [5, 5.41) is 8.16. The van der Waals surface area contributed by atoms with E-state index in [1.807, 2.05) is 0 Å². The van der Waals surface area contributed by atoms with E-state index >= 15 is 0 Å². The first-order valence-electron chi connectivity index (χ1n) is 3.95. The van der Waals surface area contributed by atoms with Gasteiger partial charge in [-0.05, 0) is 12.1 Å². The Kier molecular flexibility index (Phi) is 3.13. The summed E-state index contributed by atoms with van der Waals surface area (Å²) in [7, 11) is 0. The fourth-order valence-electron chi connectivity index (χ4n) is 1.02. The number of benzene rings is 1. The van der Waals surface area contributed by atoms with Gasteiger partial charge in [0.05, 0.1) is 5.56 Å². The molecule has 0 saturated heterocycles. The SMILES string of the molecule is N#CN=C(N)c1ccc(C(F)(F)F)c(F)c1. The second-order valence-corrected chi connectivity index (χ2v) is 2.79. The Labute approximate surface area is 87.8 Å². The molecule has 3 nitrogen and oxygen atoms in total. The summed E-state index contributed by atoms with van der Waals surface area (Å²) >= 11 is 0. The highest BCUT2D eigenvalue weighted by Gasteiger charge is 2.33. The lowest BCUT2D eigenvalue weighted by molar-refractivity contribution is -0.140. The maximum absolute atomic E-state index is 13.0. The maximum Gasteiger partial charge on any atom is 0.419 e. The number of hydrogen-bond donors (Lipinski definition) is 1. The lowest BCUT2D eigenvalue weighted by Crippen LogP contribution is -2.15. The number of aliphatic imine (C=N–C) groups is 1. The van der Waals surface area contributed by atoms with Gasteiger partial charge in [-0.2, -0.15) is 23.4 Å². The number of amidine groups is 1. The van der Waals surface area contributed by atoms with Gasteiger partial charge in [-0.3, -0.25) is 0 Å². The number of nitrogens with two attached hydrogens (primary N) is 1. The number of nitrogens with zero attached hydrogens (tertiary/aromatic N) is 2. The van der Waals surface area contributed by atoms with Crippen LogP contribution >= 0.6 is 0 Å². The van der Waals surface area contributed by atoms with Gasteiger partial charge < -0.3 is 5.73 Å². The average Bonchev–Trinajstić information content (AvgIpc) is 2.16. The third-order valence-electron chi connectivity index (χ3n) is 1.74. The second-order valence-electron chi connectivity index (χ2n) is 2.79. The van der Waals surface area contributed by atoms with Gasteiger partial charge in [-0.1, -0.05) is 6.07 Å². The van der Waals surface area contributed by atoms with Gasteiger partial charge in [0.2, 0.25) is 6.19 Å². The van der Waals surface area contributed by atoms with Crippen LogP contribution in [0.3, 0.4) is 0 Å². The van der Waals surface area contributed by atoms with Crippen LogP contribution < -0.4 is 5.73 Å². The molecule has 0 bridgehead atoms. The normalized spacial score (nSPS) is 12.3. The van der Waals surface area contributed by atoms with Crippen LogP contribution in [0.1, 0.15) is 11.1 Å². The summed E-state index contributed by atoms with van der Waals surface area (Å²) < 4.78 is 49.6. The molecule has 0 aliphatic heterocycles. The fraction of sp³-hybridized carbons (Fsp3) is 0.111. The van der Waals surface area contributed by atoms with Gasteiger partial charge in [-0.25, -0.2) is 4.39 Å². The zero-order chi connectivity index (χ0) is 12.3. The minimum atomic E-state index is -4.76. The van der Waals surface area contributed by atoms with E-state index in [4.69, 9.17) is 11.0 Å². The van der Waals surface area contributed by atoms with Gasteiger partial charge in [0.15, 0.2) is 0 Å². The summed E-state index contributed by atoms with van der Waals surface area (Å²) in [6, 6.07) is 2.07. The van der Waals surface area contributed by atoms with E-state index in [1.165, 1.54) is 6.19 Å². The second kappa shape index (κ2) is 4.18. The Morgan fingerprint density at radius 1 is 1.38 bits per heavy atom. The molecule has 1 rings (SSSR count). The smallest absolute Gasteiger partial charge is 0.383 e. The first-order chi connectivity index (χ1) is 7.36. The van der Waals surface area contributed by atoms with Gasteiger partial charge in [-0.15, -0.1) is 0 Å². The summed E-state index contributed by atoms with van der Waals surface area (Å²) in [6.45, 7) is 0. The third kappa shape index (κ3) is 2.48. The molecular weight excluding hydrogens is 226 g/mol. The van der Waals surface area contributed by atoms with Crippen molar-refractivity contribution in [3.63, 3.8) is 0 Å². The van der Waals surface area contributed by atoms with Crippen molar-refractivity contribution in [1.82, 2.24) is 0 Å². The monoisotopic (exact) mass is 231 g/mol. The Morgan fingerprint density at radius 2 is 2.00 bits per heavy atom. The molecule has 7 heteroatoms. The zero-order valence-electron chi connectivity index (χ0n) is 7.72. The molecule has 1 aromatic carbocycles. The van der Waals surface area contributed by atoms with Crippen LogP contribution in [0.4, 0.5) is 17.6 Å². The zero-order valence-corrected chi connectivity index (χ0v) is 7.72. The topological polar surface area (TPSA) is 62.2 Å². The highest BCUT2D eigenvalue weighted by atomic mass is 19.4. The molecule has 0 aromatic heterocycles. The predicted molar refractivity (Wildman–Crippen MR) is 47.7 cm³/mol. The Bertz CT molecular complexity index is 471. The Balaban J connectivity index is 3.21. The van der Waals surface area contributed by atoms with Crippen molar-refractivity contribution in [1.29, 1.82) is 5.26 Å². The van der Waals surface area contributed by atoms with E-state index < -0.39 is 17.6 Å². The van der Waals surface area contributed by atoms with E-state index in [9.17, 15) is 17.6 Å². The summed E-state index contributed by atoms with van der Waals surface area (Å²) in [5.41, 5.74) is 3.75. The van der Waals surface area contributed by atoms with E-state index in [0.29, 0.717) is 12.1 Å². The molecular formula is C9H5F4N3. The van der Waals surface area contributed by atoms with Gasteiger partial charge in [0, 0.05) is 5.56 Å². The number of nitriles is 1. The lowest BCUT2D eigenvalue weighted by atomic mass is 10.1. The molecule has 0 saturated carbocycles. The summed E-state index contributed by atoms with van der Waals surface area (Å²) in [5.74, 6) is -1.80. The Morgan fingerprint density at radius 3 is 2.44 bits per heavy atom. The molecule has 0 amide bonds. The van der Waals surface area contributed by atoms with Crippen molar-refractivity contribution in [2.45, 2.75) is 6.18 Å². The average molecular weight is 231 g/mol. The molecule has 1 aromatic rings. The van der Waals surface area contributed by atoms with Crippen molar-refractivity contribution in [3.05, 3.63) is 35.1 Å². The molecule has 84 valence electrons. The van der Waals surface area contributed by atoms with Gasteiger partial charge in [0.1, 0.15) is 11.7 Å². The quantitative estimate of drug-likeness (QED) is 0.348. The molecule has 0 atom stereocenters. The number of hydrogen-bond acceptors (Lipinski definition) is 2. The molecule has 0 aliphatic rings. The first-order valence-corrected chi connectivity index (χ1v) is 3.95. The minimum Gasteiger partial charge on any atom is -0.383 e. The fourth-order valence-corrected chi connectivity index (χ4v) is 1.02.